The number of thiophene rings is 1. The molecule has 1 amide bonds. The van der Waals surface area contributed by atoms with Crippen molar-refractivity contribution < 1.29 is 4.79 Å². The second-order valence-corrected chi connectivity index (χ2v) is 5.75. The average molecular weight is 327 g/mol. The Morgan fingerprint density at radius 3 is 2.75 bits per heavy atom. The van der Waals surface area contributed by atoms with E-state index in [1.165, 1.54) is 11.3 Å². The highest BCUT2D eigenvalue weighted by molar-refractivity contribution is 7.12. The number of hydrazone groups is 1. The fourth-order valence-electron chi connectivity index (χ4n) is 1.63. The molecule has 1 aromatic heterocycles. The van der Waals surface area contributed by atoms with E-state index in [4.69, 9.17) is 23.2 Å². The third kappa shape index (κ3) is 3.60. The van der Waals surface area contributed by atoms with Crippen molar-refractivity contribution in [1.82, 2.24) is 5.43 Å². The average Bonchev–Trinajstić information content (AvgIpc) is 2.95. The fraction of sp³-hybridized carbons (Fsp3) is 0.143. The Morgan fingerprint density at radius 2 is 2.15 bits per heavy atom. The highest BCUT2D eigenvalue weighted by Gasteiger charge is 2.09. The van der Waals surface area contributed by atoms with Gasteiger partial charge in [-0.25, -0.2) is 5.43 Å². The summed E-state index contributed by atoms with van der Waals surface area (Å²) in [6, 6.07) is 8.76. The Labute approximate surface area is 131 Å². The van der Waals surface area contributed by atoms with Crippen LogP contribution in [-0.2, 0) is 0 Å². The molecule has 0 saturated heterocycles. The minimum atomic E-state index is -0.226. The predicted octanol–water partition coefficient (Wildman–Crippen LogP) is 4.60. The molecule has 0 fully saturated rings. The smallest absolute Gasteiger partial charge is 0.266 e. The van der Waals surface area contributed by atoms with Gasteiger partial charge in [0.2, 0.25) is 0 Å². The van der Waals surface area contributed by atoms with E-state index in [0.29, 0.717) is 27.1 Å². The van der Waals surface area contributed by atoms with Crippen LogP contribution in [0, 0.1) is 0 Å². The third-order valence-corrected chi connectivity index (χ3v) is 4.03. The maximum atomic E-state index is 11.8. The summed E-state index contributed by atoms with van der Waals surface area (Å²) >= 11 is 13.4. The van der Waals surface area contributed by atoms with E-state index in [-0.39, 0.29) is 5.91 Å². The standard InChI is InChI=1S/C14H12Cl2N2OS/c1-2-12(10-6-5-9(15)8-11(10)16)17-18-14(19)13-4-3-7-20-13/h3-8H,2H2,1H3,(H,18,19). The first-order valence-corrected chi connectivity index (χ1v) is 7.61. The Morgan fingerprint density at radius 1 is 1.35 bits per heavy atom. The number of rotatable bonds is 4. The lowest BCUT2D eigenvalue weighted by atomic mass is 10.1. The largest absolute Gasteiger partial charge is 0.281 e. The van der Waals surface area contributed by atoms with Crippen molar-refractivity contribution in [2.24, 2.45) is 5.10 Å². The molecule has 0 saturated carbocycles. The van der Waals surface area contributed by atoms with Crippen LogP contribution >= 0.6 is 34.5 Å². The van der Waals surface area contributed by atoms with Gasteiger partial charge in [-0.2, -0.15) is 5.10 Å². The van der Waals surface area contributed by atoms with Gasteiger partial charge in [-0.15, -0.1) is 11.3 Å². The number of hydrogen-bond acceptors (Lipinski definition) is 3. The zero-order valence-electron chi connectivity index (χ0n) is 10.7. The lowest BCUT2D eigenvalue weighted by Gasteiger charge is -2.07. The maximum absolute atomic E-state index is 11.8. The zero-order chi connectivity index (χ0) is 14.5. The Bertz CT molecular complexity index is 639. The first-order valence-electron chi connectivity index (χ1n) is 5.97. The van der Waals surface area contributed by atoms with Crippen LogP contribution in [-0.4, -0.2) is 11.6 Å². The van der Waals surface area contributed by atoms with Crippen molar-refractivity contribution in [3.63, 3.8) is 0 Å². The first kappa shape index (κ1) is 15.0. The number of nitrogens with zero attached hydrogens (tertiary/aromatic N) is 1. The molecular formula is C14H12Cl2N2OS. The molecule has 0 aliphatic heterocycles. The molecule has 0 radical (unpaired) electrons. The van der Waals surface area contributed by atoms with Gasteiger partial charge in [-0.05, 0) is 30.0 Å². The highest BCUT2D eigenvalue weighted by atomic mass is 35.5. The summed E-state index contributed by atoms with van der Waals surface area (Å²) in [5, 5.41) is 7.08. The monoisotopic (exact) mass is 326 g/mol. The van der Waals surface area contributed by atoms with Gasteiger partial charge in [0.1, 0.15) is 0 Å². The van der Waals surface area contributed by atoms with E-state index in [9.17, 15) is 4.79 Å². The Hall–Kier alpha value is -1.36. The molecule has 1 N–H and O–H groups in total. The van der Waals surface area contributed by atoms with Crippen molar-refractivity contribution in [2.45, 2.75) is 13.3 Å². The van der Waals surface area contributed by atoms with Crippen molar-refractivity contribution in [2.75, 3.05) is 0 Å². The quantitative estimate of drug-likeness (QED) is 0.647. The van der Waals surface area contributed by atoms with Crippen molar-refractivity contribution in [3.05, 3.63) is 56.2 Å². The summed E-state index contributed by atoms with van der Waals surface area (Å²) < 4.78 is 0. The van der Waals surface area contributed by atoms with E-state index < -0.39 is 0 Å². The van der Waals surface area contributed by atoms with Gasteiger partial charge in [-0.3, -0.25) is 4.79 Å². The van der Waals surface area contributed by atoms with Crippen LogP contribution in [0.5, 0.6) is 0 Å². The number of amides is 1. The molecule has 0 unspecified atom stereocenters. The topological polar surface area (TPSA) is 41.5 Å². The van der Waals surface area contributed by atoms with Crippen LogP contribution in [0.2, 0.25) is 10.0 Å². The molecule has 0 bridgehead atoms. The molecule has 6 heteroatoms. The number of hydrogen-bond donors (Lipinski definition) is 1. The van der Waals surface area contributed by atoms with E-state index in [0.717, 1.165) is 5.56 Å². The number of halogens is 2. The van der Waals surface area contributed by atoms with Crippen LogP contribution in [0.25, 0.3) is 0 Å². The summed E-state index contributed by atoms with van der Waals surface area (Å²) in [5.74, 6) is -0.226. The molecule has 1 aromatic carbocycles. The van der Waals surface area contributed by atoms with Gasteiger partial charge in [0.25, 0.3) is 5.91 Å². The molecule has 20 heavy (non-hydrogen) atoms. The van der Waals surface area contributed by atoms with Crippen LogP contribution in [0.3, 0.4) is 0 Å². The molecular weight excluding hydrogens is 315 g/mol. The summed E-state index contributed by atoms with van der Waals surface area (Å²) in [6.45, 7) is 1.95. The van der Waals surface area contributed by atoms with Gasteiger partial charge in [0.15, 0.2) is 0 Å². The summed E-state index contributed by atoms with van der Waals surface area (Å²) in [4.78, 5) is 12.5. The van der Waals surface area contributed by atoms with Crippen LogP contribution in [0.15, 0.2) is 40.8 Å². The van der Waals surface area contributed by atoms with Gasteiger partial charge in [0.05, 0.1) is 15.6 Å². The van der Waals surface area contributed by atoms with Crippen molar-refractivity contribution in [3.8, 4) is 0 Å². The fourth-order valence-corrected chi connectivity index (χ4v) is 2.77. The maximum Gasteiger partial charge on any atom is 0.281 e. The van der Waals surface area contributed by atoms with E-state index in [2.05, 4.69) is 10.5 Å². The lowest BCUT2D eigenvalue weighted by molar-refractivity contribution is 0.0959. The number of benzene rings is 1. The summed E-state index contributed by atoms with van der Waals surface area (Å²) in [6.07, 6.45) is 0.645. The van der Waals surface area contributed by atoms with Crippen molar-refractivity contribution in [1.29, 1.82) is 0 Å². The zero-order valence-corrected chi connectivity index (χ0v) is 13.0. The molecule has 104 valence electrons. The third-order valence-electron chi connectivity index (χ3n) is 2.61. The van der Waals surface area contributed by atoms with Crippen molar-refractivity contribution >= 4 is 46.2 Å². The van der Waals surface area contributed by atoms with Gasteiger partial charge < -0.3 is 0 Å². The Kier molecular flexibility index (Phi) is 5.17. The number of carbonyl (C=O) groups is 1. The predicted molar refractivity (Wildman–Crippen MR) is 85.1 cm³/mol. The van der Waals surface area contributed by atoms with Gasteiger partial charge in [-0.1, -0.05) is 42.3 Å². The second-order valence-electron chi connectivity index (χ2n) is 3.95. The number of nitrogens with one attached hydrogen (secondary N) is 1. The van der Waals surface area contributed by atoms with Crippen LogP contribution in [0.1, 0.15) is 28.6 Å². The molecule has 0 aliphatic carbocycles. The summed E-state index contributed by atoms with van der Waals surface area (Å²) in [5.41, 5.74) is 4.02. The minimum Gasteiger partial charge on any atom is -0.266 e. The molecule has 2 aromatic rings. The summed E-state index contributed by atoms with van der Waals surface area (Å²) in [7, 11) is 0. The molecule has 1 heterocycles. The second kappa shape index (κ2) is 6.88. The first-order chi connectivity index (χ1) is 9.61. The molecule has 0 aliphatic rings. The normalized spacial score (nSPS) is 11.4. The SMILES string of the molecule is CCC(=NNC(=O)c1cccs1)c1ccc(Cl)cc1Cl. The van der Waals surface area contributed by atoms with E-state index in [1.54, 1.807) is 24.3 Å². The highest BCUT2D eigenvalue weighted by Crippen LogP contribution is 2.22. The minimum absolute atomic E-state index is 0.226. The van der Waals surface area contributed by atoms with Crippen LogP contribution < -0.4 is 5.43 Å². The van der Waals surface area contributed by atoms with Gasteiger partial charge in [0, 0.05) is 10.6 Å². The van der Waals surface area contributed by atoms with E-state index >= 15 is 0 Å². The molecule has 3 nitrogen and oxygen atoms in total. The van der Waals surface area contributed by atoms with E-state index in [1.807, 2.05) is 18.4 Å². The van der Waals surface area contributed by atoms with Gasteiger partial charge >= 0.3 is 0 Å². The molecule has 0 atom stereocenters. The molecule has 0 spiro atoms. The Balaban J connectivity index is 2.19. The lowest BCUT2D eigenvalue weighted by Crippen LogP contribution is -2.19. The molecule has 2 rings (SSSR count). The van der Waals surface area contributed by atoms with Crippen LogP contribution in [0.4, 0.5) is 0 Å². The number of carbonyl (C=O) groups excluding carboxylic acids is 1.